The monoisotopic (exact) mass is 404 g/mol. The maximum atomic E-state index is 12.6. The zero-order valence-electron chi connectivity index (χ0n) is 16.4. The largest absolute Gasteiger partial charge is 0.354 e. The van der Waals surface area contributed by atoms with E-state index in [4.69, 9.17) is 0 Å². The van der Waals surface area contributed by atoms with Gasteiger partial charge in [0.25, 0.3) is 0 Å². The third-order valence-corrected chi connectivity index (χ3v) is 6.08. The lowest BCUT2D eigenvalue weighted by Crippen LogP contribution is -2.38. The highest BCUT2D eigenvalue weighted by Crippen LogP contribution is 2.34. The lowest BCUT2D eigenvalue weighted by atomic mass is 9.96. The molecule has 0 radical (unpaired) electrons. The standard InChI is InChI=1S/C23H24N4OS/c1-17-7-9-20(10-8-17)29-23-21(24-13-14-25-23)27-15-11-18(12-16-27)22(28)26-19-5-3-2-4-6-19/h2-10,13-14,18H,11-12,15-16H2,1H3,(H,26,28). The first-order chi connectivity index (χ1) is 14.2. The summed E-state index contributed by atoms with van der Waals surface area (Å²) in [6.45, 7) is 3.68. The summed E-state index contributed by atoms with van der Waals surface area (Å²) in [6, 6.07) is 18.1. The van der Waals surface area contributed by atoms with Crippen molar-refractivity contribution in [1.29, 1.82) is 0 Å². The van der Waals surface area contributed by atoms with Crippen LogP contribution in [0.3, 0.4) is 0 Å². The number of hydrogen-bond donors (Lipinski definition) is 1. The molecule has 1 saturated heterocycles. The van der Waals surface area contributed by atoms with Crippen LogP contribution in [0.2, 0.25) is 0 Å². The van der Waals surface area contributed by atoms with Crippen LogP contribution in [0, 0.1) is 12.8 Å². The second-order valence-electron chi connectivity index (χ2n) is 7.22. The predicted molar refractivity (Wildman–Crippen MR) is 117 cm³/mol. The average molecular weight is 405 g/mol. The molecule has 1 fully saturated rings. The van der Waals surface area contributed by atoms with E-state index in [2.05, 4.69) is 51.4 Å². The Kier molecular flexibility index (Phi) is 6.10. The van der Waals surface area contributed by atoms with Crippen molar-refractivity contribution < 1.29 is 4.79 Å². The zero-order valence-corrected chi connectivity index (χ0v) is 17.2. The van der Waals surface area contributed by atoms with Gasteiger partial charge in [0.1, 0.15) is 5.03 Å². The summed E-state index contributed by atoms with van der Waals surface area (Å²) < 4.78 is 0. The Balaban J connectivity index is 1.39. The molecule has 5 nitrogen and oxygen atoms in total. The minimum Gasteiger partial charge on any atom is -0.354 e. The van der Waals surface area contributed by atoms with Gasteiger partial charge in [0.15, 0.2) is 5.82 Å². The number of aromatic nitrogens is 2. The average Bonchev–Trinajstić information content (AvgIpc) is 2.77. The first-order valence-electron chi connectivity index (χ1n) is 9.85. The highest BCUT2D eigenvalue weighted by Gasteiger charge is 2.27. The number of rotatable bonds is 5. The van der Waals surface area contributed by atoms with Crippen molar-refractivity contribution in [3.8, 4) is 0 Å². The summed E-state index contributed by atoms with van der Waals surface area (Å²) in [5.74, 6) is 1.03. The van der Waals surface area contributed by atoms with Gasteiger partial charge in [-0.1, -0.05) is 47.7 Å². The van der Waals surface area contributed by atoms with Gasteiger partial charge >= 0.3 is 0 Å². The van der Waals surface area contributed by atoms with Crippen LogP contribution in [0.5, 0.6) is 0 Å². The van der Waals surface area contributed by atoms with E-state index in [9.17, 15) is 4.79 Å². The quantitative estimate of drug-likeness (QED) is 0.662. The zero-order chi connectivity index (χ0) is 20.1. The number of benzene rings is 2. The molecule has 0 saturated carbocycles. The molecular weight excluding hydrogens is 380 g/mol. The van der Waals surface area contributed by atoms with E-state index in [1.54, 1.807) is 24.2 Å². The van der Waals surface area contributed by atoms with Crippen LogP contribution in [-0.4, -0.2) is 29.0 Å². The first kappa shape index (κ1) is 19.5. The lowest BCUT2D eigenvalue weighted by molar-refractivity contribution is -0.120. The maximum absolute atomic E-state index is 12.6. The Morgan fingerprint density at radius 2 is 1.69 bits per heavy atom. The van der Waals surface area contributed by atoms with Crippen LogP contribution in [0.4, 0.5) is 11.5 Å². The summed E-state index contributed by atoms with van der Waals surface area (Å²) in [4.78, 5) is 25.1. The minimum absolute atomic E-state index is 0.0244. The van der Waals surface area contributed by atoms with Crippen LogP contribution in [0.15, 0.2) is 76.9 Å². The third-order valence-electron chi connectivity index (χ3n) is 5.09. The number of amides is 1. The minimum atomic E-state index is 0.0244. The summed E-state index contributed by atoms with van der Waals surface area (Å²) >= 11 is 1.63. The van der Waals surface area contributed by atoms with Gasteiger partial charge in [-0.25, -0.2) is 9.97 Å². The van der Waals surface area contributed by atoms with E-state index >= 15 is 0 Å². The van der Waals surface area contributed by atoms with Gasteiger partial charge in [0, 0.05) is 42.0 Å². The molecule has 1 aliphatic heterocycles. The molecule has 4 rings (SSSR count). The molecule has 0 aliphatic carbocycles. The van der Waals surface area contributed by atoms with Crippen LogP contribution >= 0.6 is 11.8 Å². The molecule has 29 heavy (non-hydrogen) atoms. The number of aryl methyl sites for hydroxylation is 1. The van der Waals surface area contributed by atoms with E-state index in [1.165, 1.54) is 5.56 Å². The Labute approximate surface area is 175 Å². The van der Waals surface area contributed by atoms with Gasteiger partial charge < -0.3 is 10.2 Å². The molecule has 1 N–H and O–H groups in total. The van der Waals surface area contributed by atoms with E-state index in [1.807, 2.05) is 30.3 Å². The summed E-state index contributed by atoms with van der Waals surface area (Å²) in [5, 5.41) is 3.93. The molecule has 0 atom stereocenters. The van der Waals surface area contributed by atoms with E-state index in [0.717, 1.165) is 47.4 Å². The molecule has 2 aromatic carbocycles. The second kappa shape index (κ2) is 9.09. The number of hydrogen-bond acceptors (Lipinski definition) is 5. The molecule has 6 heteroatoms. The molecule has 0 spiro atoms. The fourth-order valence-electron chi connectivity index (χ4n) is 3.44. The predicted octanol–water partition coefficient (Wildman–Crippen LogP) is 4.79. The van der Waals surface area contributed by atoms with Crippen molar-refractivity contribution in [2.45, 2.75) is 29.7 Å². The van der Waals surface area contributed by atoms with Gasteiger partial charge in [0.05, 0.1) is 0 Å². The fraction of sp³-hybridized carbons (Fsp3) is 0.261. The van der Waals surface area contributed by atoms with Crippen LogP contribution < -0.4 is 10.2 Å². The summed E-state index contributed by atoms with van der Waals surface area (Å²) in [5.41, 5.74) is 2.09. The van der Waals surface area contributed by atoms with Gasteiger partial charge in [-0.15, -0.1) is 0 Å². The third kappa shape index (κ3) is 4.95. The molecule has 2 heterocycles. The Bertz CT molecular complexity index is 954. The number of para-hydroxylation sites is 1. The smallest absolute Gasteiger partial charge is 0.227 e. The summed E-state index contributed by atoms with van der Waals surface area (Å²) in [6.07, 6.45) is 5.09. The molecular formula is C23H24N4OS. The van der Waals surface area contributed by atoms with E-state index in [-0.39, 0.29) is 11.8 Å². The van der Waals surface area contributed by atoms with Crippen LogP contribution in [0.1, 0.15) is 18.4 Å². The topological polar surface area (TPSA) is 58.1 Å². The van der Waals surface area contributed by atoms with Gasteiger partial charge in [-0.3, -0.25) is 4.79 Å². The Hall–Kier alpha value is -2.86. The normalized spacial score (nSPS) is 14.6. The van der Waals surface area contributed by atoms with Gasteiger partial charge in [-0.05, 0) is 44.0 Å². The molecule has 0 bridgehead atoms. The number of nitrogens with zero attached hydrogens (tertiary/aromatic N) is 3. The molecule has 3 aromatic rings. The molecule has 1 amide bonds. The van der Waals surface area contributed by atoms with Crippen molar-refractivity contribution in [2.24, 2.45) is 5.92 Å². The van der Waals surface area contributed by atoms with Crippen molar-refractivity contribution in [2.75, 3.05) is 23.3 Å². The Morgan fingerprint density at radius 3 is 2.41 bits per heavy atom. The Morgan fingerprint density at radius 1 is 1.00 bits per heavy atom. The highest BCUT2D eigenvalue weighted by atomic mass is 32.2. The lowest BCUT2D eigenvalue weighted by Gasteiger charge is -2.32. The van der Waals surface area contributed by atoms with Gasteiger partial charge in [0.2, 0.25) is 5.91 Å². The number of carbonyl (C=O) groups is 1. The van der Waals surface area contributed by atoms with Crippen LogP contribution in [-0.2, 0) is 4.79 Å². The van der Waals surface area contributed by atoms with Crippen molar-refractivity contribution >= 4 is 29.2 Å². The molecule has 1 aliphatic rings. The first-order valence-corrected chi connectivity index (χ1v) is 10.7. The SMILES string of the molecule is Cc1ccc(Sc2nccnc2N2CCC(C(=O)Nc3ccccc3)CC2)cc1. The van der Waals surface area contributed by atoms with E-state index in [0.29, 0.717) is 0 Å². The highest BCUT2D eigenvalue weighted by molar-refractivity contribution is 7.99. The number of nitrogens with one attached hydrogen (secondary N) is 1. The molecule has 1 aromatic heterocycles. The maximum Gasteiger partial charge on any atom is 0.227 e. The second-order valence-corrected chi connectivity index (χ2v) is 8.28. The fourth-order valence-corrected chi connectivity index (χ4v) is 4.33. The number of anilines is 2. The summed E-state index contributed by atoms with van der Waals surface area (Å²) in [7, 11) is 0. The molecule has 0 unspecified atom stereocenters. The van der Waals surface area contributed by atoms with Crippen LogP contribution in [0.25, 0.3) is 0 Å². The van der Waals surface area contributed by atoms with Crippen molar-refractivity contribution in [1.82, 2.24) is 9.97 Å². The van der Waals surface area contributed by atoms with Crippen molar-refractivity contribution in [3.63, 3.8) is 0 Å². The van der Waals surface area contributed by atoms with E-state index < -0.39 is 0 Å². The number of carbonyl (C=O) groups excluding carboxylic acids is 1. The van der Waals surface area contributed by atoms with Crippen molar-refractivity contribution in [3.05, 3.63) is 72.6 Å². The molecule has 148 valence electrons. The number of piperidine rings is 1. The van der Waals surface area contributed by atoms with Gasteiger partial charge in [-0.2, -0.15) is 0 Å².